The summed E-state index contributed by atoms with van der Waals surface area (Å²) >= 11 is 3.43. The lowest BCUT2D eigenvalue weighted by Crippen LogP contribution is -2.19. The second kappa shape index (κ2) is 6.05. The van der Waals surface area contributed by atoms with Crippen molar-refractivity contribution in [3.63, 3.8) is 0 Å². The lowest BCUT2D eigenvalue weighted by Gasteiger charge is -2.08. The Morgan fingerprint density at radius 1 is 1.12 bits per heavy atom. The van der Waals surface area contributed by atoms with Crippen LogP contribution in [0.2, 0.25) is 0 Å². The maximum atomic E-state index is 12.2. The molecule has 0 radical (unpaired) electrons. The topological polar surface area (TPSA) is 63.6 Å². The molecule has 4 aromatic rings. The summed E-state index contributed by atoms with van der Waals surface area (Å²) < 4.78 is 2.58. The van der Waals surface area contributed by atoms with Crippen molar-refractivity contribution in [2.75, 3.05) is 0 Å². The Morgan fingerprint density at radius 3 is 2.79 bits per heavy atom. The third-order valence-electron chi connectivity index (χ3n) is 3.84. The number of nitrogens with zero attached hydrogens (tertiary/aromatic N) is 3. The van der Waals surface area contributed by atoms with Gasteiger partial charge in [-0.15, -0.1) is 0 Å². The first kappa shape index (κ1) is 14.8. The molecule has 0 unspecified atom stereocenters. The quantitative estimate of drug-likeness (QED) is 0.590. The van der Waals surface area contributed by atoms with Crippen LogP contribution in [0.15, 0.2) is 70.2 Å². The fraction of sp³-hybridized carbons (Fsp3) is 0.0556. The van der Waals surface area contributed by atoms with Gasteiger partial charge in [-0.3, -0.25) is 9.89 Å². The summed E-state index contributed by atoms with van der Waals surface area (Å²) in [6, 6.07) is 15.3. The maximum absolute atomic E-state index is 12.2. The first-order chi connectivity index (χ1) is 11.7. The smallest absolute Gasteiger partial charge is 0.250 e. The highest BCUT2D eigenvalue weighted by Gasteiger charge is 2.10. The summed E-state index contributed by atoms with van der Waals surface area (Å²) in [4.78, 5) is 16.5. The van der Waals surface area contributed by atoms with E-state index in [9.17, 15) is 4.79 Å². The van der Waals surface area contributed by atoms with Crippen LogP contribution in [-0.4, -0.2) is 19.7 Å². The van der Waals surface area contributed by atoms with E-state index in [4.69, 9.17) is 0 Å². The molecule has 3 aromatic heterocycles. The van der Waals surface area contributed by atoms with E-state index in [0.717, 1.165) is 26.7 Å². The van der Waals surface area contributed by atoms with Crippen LogP contribution >= 0.6 is 15.9 Å². The number of rotatable bonds is 3. The van der Waals surface area contributed by atoms with E-state index < -0.39 is 0 Å². The summed E-state index contributed by atoms with van der Waals surface area (Å²) in [5, 5.41) is 8.16. The standard InChI is InChI=1S/C18H13BrN4O/c19-14-8-15-17(21-22-18(15)20-9-14)13-6-7-16(24)23(11-13)10-12-4-2-1-3-5-12/h1-9,11H,10H2,(H,20,21,22). The van der Waals surface area contributed by atoms with Crippen molar-refractivity contribution in [3.05, 3.63) is 81.3 Å². The maximum Gasteiger partial charge on any atom is 0.250 e. The molecule has 0 spiro atoms. The molecule has 0 fully saturated rings. The van der Waals surface area contributed by atoms with Gasteiger partial charge in [-0.25, -0.2) is 4.98 Å². The number of aromatic nitrogens is 4. The minimum atomic E-state index is -0.0364. The Balaban J connectivity index is 1.80. The second-order valence-corrected chi connectivity index (χ2v) is 6.41. The van der Waals surface area contributed by atoms with Gasteiger partial charge in [0.1, 0.15) is 0 Å². The predicted octanol–water partition coefficient (Wildman–Crippen LogP) is 3.60. The van der Waals surface area contributed by atoms with Gasteiger partial charge in [0.05, 0.1) is 12.2 Å². The van der Waals surface area contributed by atoms with Crippen molar-refractivity contribution >= 4 is 27.0 Å². The number of hydrogen-bond donors (Lipinski definition) is 1. The lowest BCUT2D eigenvalue weighted by atomic mass is 10.1. The third kappa shape index (κ3) is 2.76. The number of halogens is 1. The third-order valence-corrected chi connectivity index (χ3v) is 4.28. The largest absolute Gasteiger partial charge is 0.310 e. The zero-order valence-electron chi connectivity index (χ0n) is 12.6. The molecule has 118 valence electrons. The molecule has 0 aliphatic rings. The van der Waals surface area contributed by atoms with Gasteiger partial charge in [-0.1, -0.05) is 30.3 Å². The van der Waals surface area contributed by atoms with Crippen molar-refractivity contribution in [2.24, 2.45) is 0 Å². The molecule has 0 aliphatic heterocycles. The zero-order valence-corrected chi connectivity index (χ0v) is 14.2. The van der Waals surface area contributed by atoms with E-state index in [0.29, 0.717) is 12.2 Å². The summed E-state index contributed by atoms with van der Waals surface area (Å²) in [5.74, 6) is 0. The van der Waals surface area contributed by atoms with Gasteiger partial charge in [0.2, 0.25) is 0 Å². The Hall–Kier alpha value is -2.73. The number of pyridine rings is 2. The van der Waals surface area contributed by atoms with E-state index in [1.54, 1.807) is 22.9 Å². The van der Waals surface area contributed by atoms with Crippen LogP contribution in [0.3, 0.4) is 0 Å². The van der Waals surface area contributed by atoms with Crippen LogP contribution in [0.1, 0.15) is 5.56 Å². The van der Waals surface area contributed by atoms with E-state index in [1.165, 1.54) is 0 Å². The number of benzene rings is 1. The van der Waals surface area contributed by atoms with Crippen molar-refractivity contribution in [1.82, 2.24) is 19.7 Å². The molecular formula is C18H13BrN4O. The van der Waals surface area contributed by atoms with Crippen LogP contribution in [0, 0.1) is 0 Å². The first-order valence-corrected chi connectivity index (χ1v) is 8.24. The Labute approximate surface area is 146 Å². The Bertz CT molecular complexity index is 1070. The minimum Gasteiger partial charge on any atom is -0.310 e. The van der Waals surface area contributed by atoms with Crippen molar-refractivity contribution in [2.45, 2.75) is 6.54 Å². The molecule has 1 N–H and O–H groups in total. The van der Waals surface area contributed by atoms with Crippen LogP contribution < -0.4 is 5.56 Å². The monoisotopic (exact) mass is 380 g/mol. The van der Waals surface area contributed by atoms with Gasteiger partial charge in [0, 0.05) is 33.9 Å². The van der Waals surface area contributed by atoms with Gasteiger partial charge >= 0.3 is 0 Å². The van der Waals surface area contributed by atoms with Gasteiger partial charge in [0.15, 0.2) is 5.65 Å². The summed E-state index contributed by atoms with van der Waals surface area (Å²) in [7, 11) is 0. The summed E-state index contributed by atoms with van der Waals surface area (Å²) in [5.41, 5.74) is 3.43. The molecule has 3 heterocycles. The van der Waals surface area contributed by atoms with Gasteiger partial charge in [0.25, 0.3) is 5.56 Å². The van der Waals surface area contributed by atoms with Crippen LogP contribution in [0.25, 0.3) is 22.3 Å². The van der Waals surface area contributed by atoms with E-state index in [2.05, 4.69) is 31.1 Å². The van der Waals surface area contributed by atoms with E-state index in [-0.39, 0.29) is 5.56 Å². The average Bonchev–Trinajstić information content (AvgIpc) is 3.01. The number of fused-ring (bicyclic) bond motifs is 1. The molecule has 24 heavy (non-hydrogen) atoms. The zero-order chi connectivity index (χ0) is 16.5. The SMILES string of the molecule is O=c1ccc(-c2[nH]nc3ncc(Br)cc23)cn1Cc1ccccc1. The molecule has 1 aromatic carbocycles. The van der Waals surface area contributed by atoms with Gasteiger partial charge in [-0.05, 0) is 33.6 Å². The summed E-state index contributed by atoms with van der Waals surface area (Å²) in [6.45, 7) is 0.529. The van der Waals surface area contributed by atoms with Crippen molar-refractivity contribution < 1.29 is 0 Å². The number of aromatic amines is 1. The van der Waals surface area contributed by atoms with Gasteiger partial charge < -0.3 is 4.57 Å². The normalized spacial score (nSPS) is 11.0. The Morgan fingerprint density at radius 2 is 1.96 bits per heavy atom. The number of nitrogens with one attached hydrogen (secondary N) is 1. The molecule has 6 heteroatoms. The number of hydrogen-bond acceptors (Lipinski definition) is 3. The van der Waals surface area contributed by atoms with Crippen LogP contribution in [0.5, 0.6) is 0 Å². The number of H-pyrrole nitrogens is 1. The predicted molar refractivity (Wildman–Crippen MR) is 96.8 cm³/mol. The molecular weight excluding hydrogens is 368 g/mol. The van der Waals surface area contributed by atoms with Crippen LogP contribution in [-0.2, 0) is 6.54 Å². The van der Waals surface area contributed by atoms with Gasteiger partial charge in [-0.2, -0.15) is 5.10 Å². The fourth-order valence-corrected chi connectivity index (χ4v) is 3.01. The highest BCUT2D eigenvalue weighted by atomic mass is 79.9. The second-order valence-electron chi connectivity index (χ2n) is 5.49. The highest BCUT2D eigenvalue weighted by Crippen LogP contribution is 2.26. The van der Waals surface area contributed by atoms with E-state index in [1.807, 2.05) is 42.6 Å². The molecule has 0 bridgehead atoms. The molecule has 0 saturated carbocycles. The summed E-state index contributed by atoms with van der Waals surface area (Å²) in [6.07, 6.45) is 3.56. The van der Waals surface area contributed by atoms with Crippen LogP contribution in [0.4, 0.5) is 0 Å². The van der Waals surface area contributed by atoms with Crippen molar-refractivity contribution in [3.8, 4) is 11.3 Å². The molecule has 4 rings (SSSR count). The molecule has 0 saturated heterocycles. The minimum absolute atomic E-state index is 0.0364. The fourth-order valence-electron chi connectivity index (χ4n) is 2.68. The highest BCUT2D eigenvalue weighted by molar-refractivity contribution is 9.10. The Kier molecular flexibility index (Phi) is 3.74. The van der Waals surface area contributed by atoms with E-state index >= 15 is 0 Å². The first-order valence-electron chi connectivity index (χ1n) is 7.45. The average molecular weight is 381 g/mol. The molecule has 0 amide bonds. The molecule has 0 atom stereocenters. The molecule has 0 aliphatic carbocycles. The lowest BCUT2D eigenvalue weighted by molar-refractivity contribution is 0.760. The van der Waals surface area contributed by atoms with Crippen molar-refractivity contribution in [1.29, 1.82) is 0 Å². The molecule has 5 nitrogen and oxygen atoms in total.